The lowest BCUT2D eigenvalue weighted by molar-refractivity contribution is -0.129. The summed E-state index contributed by atoms with van der Waals surface area (Å²) in [6.45, 7) is 3.17. The van der Waals surface area contributed by atoms with Gasteiger partial charge in [-0.05, 0) is 24.9 Å². The van der Waals surface area contributed by atoms with Crippen molar-refractivity contribution in [1.82, 2.24) is 4.90 Å². The zero-order valence-electron chi connectivity index (χ0n) is 11.5. The first-order valence-electron chi connectivity index (χ1n) is 7.27. The minimum atomic E-state index is 0.134. The second-order valence-electron chi connectivity index (χ2n) is 5.68. The Labute approximate surface area is 115 Å². The molecule has 2 aliphatic heterocycles. The van der Waals surface area contributed by atoms with Gasteiger partial charge in [-0.15, -0.1) is 0 Å². The number of carbonyl (C=O) groups excluding carboxylic acids is 1. The largest absolute Gasteiger partial charge is 0.299 e. The van der Waals surface area contributed by atoms with Crippen LogP contribution in [0.25, 0.3) is 0 Å². The molecule has 0 aromatic heterocycles. The molecule has 3 rings (SSSR count). The molecule has 100 valence electrons. The maximum atomic E-state index is 12.3. The van der Waals surface area contributed by atoms with Gasteiger partial charge < -0.3 is 0 Å². The zero-order valence-corrected chi connectivity index (χ0v) is 11.5. The maximum Gasteiger partial charge on any atom is 0.139 e. The SMILES string of the molecule is C[C@@H]1C(=O)C[C@@H](c2ccccc2)N2CCCC=C[C@@H]12. The molecule has 0 amide bonds. The first-order chi connectivity index (χ1) is 9.27. The first kappa shape index (κ1) is 12.6. The molecule has 0 bridgehead atoms. The molecule has 1 aromatic carbocycles. The van der Waals surface area contributed by atoms with Gasteiger partial charge in [-0.3, -0.25) is 9.69 Å². The lowest BCUT2D eigenvalue weighted by Gasteiger charge is -2.43. The van der Waals surface area contributed by atoms with Crippen molar-refractivity contribution in [3.05, 3.63) is 48.0 Å². The van der Waals surface area contributed by atoms with Crippen LogP contribution in [0.15, 0.2) is 42.5 Å². The van der Waals surface area contributed by atoms with Crippen molar-refractivity contribution in [2.24, 2.45) is 5.92 Å². The van der Waals surface area contributed by atoms with Gasteiger partial charge in [0.05, 0.1) is 0 Å². The molecule has 1 saturated heterocycles. The number of carbonyl (C=O) groups is 1. The second kappa shape index (κ2) is 5.30. The molecule has 0 aliphatic carbocycles. The third-order valence-corrected chi connectivity index (χ3v) is 4.50. The average Bonchev–Trinajstić information content (AvgIpc) is 2.70. The van der Waals surface area contributed by atoms with Crippen LogP contribution >= 0.6 is 0 Å². The van der Waals surface area contributed by atoms with Crippen LogP contribution in [0.1, 0.15) is 37.8 Å². The molecular formula is C17H21NO. The van der Waals surface area contributed by atoms with E-state index >= 15 is 0 Å². The van der Waals surface area contributed by atoms with E-state index in [9.17, 15) is 4.79 Å². The van der Waals surface area contributed by atoms with Gasteiger partial charge in [0.25, 0.3) is 0 Å². The molecule has 1 aromatic rings. The van der Waals surface area contributed by atoms with Crippen LogP contribution < -0.4 is 0 Å². The van der Waals surface area contributed by atoms with E-state index in [1.807, 2.05) is 6.07 Å². The Bertz CT molecular complexity index is 479. The predicted molar refractivity (Wildman–Crippen MR) is 76.8 cm³/mol. The van der Waals surface area contributed by atoms with Crippen LogP contribution in [-0.2, 0) is 4.79 Å². The molecule has 19 heavy (non-hydrogen) atoms. The van der Waals surface area contributed by atoms with Crippen LogP contribution in [0, 0.1) is 5.92 Å². The standard InChI is InChI=1S/C17H21NO/c1-13-15-10-6-3-7-11-18(15)16(12-17(13)19)14-8-4-2-5-9-14/h2,4-6,8-10,13,15-16H,3,7,11-12H2,1H3/t13-,15-,16-/m0/s1. The fraction of sp³-hybridized carbons (Fsp3) is 0.471. The summed E-state index contributed by atoms with van der Waals surface area (Å²) in [7, 11) is 0. The molecule has 0 unspecified atom stereocenters. The van der Waals surface area contributed by atoms with Gasteiger partial charge in [0.2, 0.25) is 0 Å². The Morgan fingerprint density at radius 1 is 1.21 bits per heavy atom. The molecule has 0 spiro atoms. The van der Waals surface area contributed by atoms with Crippen LogP contribution in [0.4, 0.5) is 0 Å². The highest BCUT2D eigenvalue weighted by molar-refractivity contribution is 5.83. The normalized spacial score (nSPS) is 31.8. The fourth-order valence-corrected chi connectivity index (χ4v) is 3.37. The second-order valence-corrected chi connectivity index (χ2v) is 5.68. The number of hydrogen-bond donors (Lipinski definition) is 0. The first-order valence-corrected chi connectivity index (χ1v) is 7.27. The van der Waals surface area contributed by atoms with Crippen molar-refractivity contribution in [2.45, 2.75) is 38.3 Å². The van der Waals surface area contributed by atoms with E-state index < -0.39 is 0 Å². The minimum absolute atomic E-state index is 0.134. The summed E-state index contributed by atoms with van der Waals surface area (Å²) in [6.07, 6.45) is 7.49. The number of benzene rings is 1. The topological polar surface area (TPSA) is 20.3 Å². The van der Waals surface area contributed by atoms with Crippen molar-refractivity contribution in [1.29, 1.82) is 0 Å². The number of Topliss-reactive ketones (excluding diaryl/α,β-unsaturated/α-hetero) is 1. The Kier molecular flexibility index (Phi) is 3.52. The number of rotatable bonds is 1. The maximum absolute atomic E-state index is 12.3. The summed E-state index contributed by atoms with van der Waals surface area (Å²) in [4.78, 5) is 14.8. The minimum Gasteiger partial charge on any atom is -0.299 e. The Morgan fingerprint density at radius 3 is 2.79 bits per heavy atom. The Morgan fingerprint density at radius 2 is 2.00 bits per heavy atom. The Balaban J connectivity index is 1.95. The monoisotopic (exact) mass is 255 g/mol. The molecule has 0 saturated carbocycles. The van der Waals surface area contributed by atoms with Gasteiger partial charge in [0.15, 0.2) is 0 Å². The van der Waals surface area contributed by atoms with Gasteiger partial charge in [-0.1, -0.05) is 49.4 Å². The number of hydrogen-bond acceptors (Lipinski definition) is 2. The third kappa shape index (κ3) is 2.37. The molecule has 2 heteroatoms. The van der Waals surface area contributed by atoms with E-state index in [0.717, 1.165) is 13.0 Å². The molecule has 1 fully saturated rings. The van der Waals surface area contributed by atoms with Crippen LogP contribution in [0.2, 0.25) is 0 Å². The summed E-state index contributed by atoms with van der Waals surface area (Å²) >= 11 is 0. The Hall–Kier alpha value is -1.41. The summed E-state index contributed by atoms with van der Waals surface area (Å²) in [5.41, 5.74) is 1.28. The molecular weight excluding hydrogens is 234 g/mol. The highest BCUT2D eigenvalue weighted by Gasteiger charge is 2.39. The van der Waals surface area contributed by atoms with E-state index in [0.29, 0.717) is 12.2 Å². The zero-order chi connectivity index (χ0) is 13.2. The molecule has 2 heterocycles. The van der Waals surface area contributed by atoms with Gasteiger partial charge in [0.1, 0.15) is 5.78 Å². The van der Waals surface area contributed by atoms with Crippen LogP contribution in [-0.4, -0.2) is 23.3 Å². The molecule has 0 N–H and O–H groups in total. The van der Waals surface area contributed by atoms with Crippen molar-refractivity contribution in [3.8, 4) is 0 Å². The van der Waals surface area contributed by atoms with Crippen molar-refractivity contribution in [3.63, 3.8) is 0 Å². The van der Waals surface area contributed by atoms with Gasteiger partial charge in [-0.25, -0.2) is 0 Å². The smallest absolute Gasteiger partial charge is 0.139 e. The van der Waals surface area contributed by atoms with Crippen LogP contribution in [0.5, 0.6) is 0 Å². The summed E-state index contributed by atoms with van der Waals surface area (Å²) in [5, 5.41) is 0. The van der Waals surface area contributed by atoms with E-state index in [1.54, 1.807) is 0 Å². The fourth-order valence-electron chi connectivity index (χ4n) is 3.37. The number of ketones is 1. The van der Waals surface area contributed by atoms with E-state index in [-0.39, 0.29) is 18.0 Å². The molecule has 0 radical (unpaired) electrons. The molecule has 2 aliphatic rings. The number of nitrogens with zero attached hydrogens (tertiary/aromatic N) is 1. The van der Waals surface area contributed by atoms with E-state index in [2.05, 4.69) is 48.2 Å². The predicted octanol–water partition coefficient (Wildman–Crippen LogP) is 3.36. The lowest BCUT2D eigenvalue weighted by Crippen LogP contribution is -2.49. The van der Waals surface area contributed by atoms with Crippen molar-refractivity contribution < 1.29 is 4.79 Å². The van der Waals surface area contributed by atoms with Gasteiger partial charge in [0, 0.05) is 24.4 Å². The van der Waals surface area contributed by atoms with Gasteiger partial charge in [-0.2, -0.15) is 0 Å². The highest BCUT2D eigenvalue weighted by atomic mass is 16.1. The number of fused-ring (bicyclic) bond motifs is 1. The van der Waals surface area contributed by atoms with Crippen molar-refractivity contribution >= 4 is 5.78 Å². The number of allylic oxidation sites excluding steroid dienone is 1. The quantitative estimate of drug-likeness (QED) is 0.717. The van der Waals surface area contributed by atoms with Crippen molar-refractivity contribution in [2.75, 3.05) is 6.54 Å². The molecule has 3 atom stereocenters. The number of piperidine rings is 1. The van der Waals surface area contributed by atoms with E-state index in [1.165, 1.54) is 12.0 Å². The average molecular weight is 255 g/mol. The molecule has 2 nitrogen and oxygen atoms in total. The summed E-state index contributed by atoms with van der Waals surface area (Å²) in [6, 6.07) is 11.0. The lowest BCUT2D eigenvalue weighted by atomic mass is 9.83. The summed E-state index contributed by atoms with van der Waals surface area (Å²) < 4.78 is 0. The summed E-state index contributed by atoms with van der Waals surface area (Å²) in [5.74, 6) is 0.538. The van der Waals surface area contributed by atoms with Gasteiger partial charge >= 0.3 is 0 Å². The highest BCUT2D eigenvalue weighted by Crippen LogP contribution is 2.37. The van der Waals surface area contributed by atoms with Crippen LogP contribution in [0.3, 0.4) is 0 Å². The van der Waals surface area contributed by atoms with E-state index in [4.69, 9.17) is 0 Å². The third-order valence-electron chi connectivity index (χ3n) is 4.50.